The molecule has 2 aromatic heterocycles. The lowest BCUT2D eigenvalue weighted by atomic mass is 10.1. The molecule has 1 saturated heterocycles. The standard InChI is InChI=1S/C20H28N6O3.CH2O2/c27-17-12-14(18(28)21-6-10-25-7-2-1-3-8-25)11-15(17)23-19(29)16-13-26-9-4-5-22-20(26)24-16;2-1-3/h4-5,9,13-15,17,27H,1-3,6-8,10-12H2,(H,21,28)(H,23,29);1H,(H,2,3)/t14-,15-,17-;/m0./s1. The molecule has 0 spiro atoms. The number of amides is 2. The van der Waals surface area contributed by atoms with E-state index in [4.69, 9.17) is 9.90 Å². The van der Waals surface area contributed by atoms with Gasteiger partial charge in [0.1, 0.15) is 5.69 Å². The zero-order valence-electron chi connectivity index (χ0n) is 17.9. The van der Waals surface area contributed by atoms with Gasteiger partial charge in [-0.3, -0.25) is 18.8 Å². The lowest BCUT2D eigenvalue weighted by molar-refractivity contribution is -0.125. The Balaban J connectivity index is 0.000000913. The van der Waals surface area contributed by atoms with Crippen molar-refractivity contribution in [1.82, 2.24) is 29.9 Å². The van der Waals surface area contributed by atoms with Gasteiger partial charge in [0.2, 0.25) is 11.7 Å². The number of carbonyl (C=O) groups excluding carboxylic acids is 2. The van der Waals surface area contributed by atoms with Crippen LogP contribution >= 0.6 is 0 Å². The SMILES string of the molecule is O=C(N[C@H]1C[C@H](C(=O)NCCN2CCCCC2)C[C@@H]1O)c1cn2cccnc2n1.O=CO. The van der Waals surface area contributed by atoms with Gasteiger partial charge in [0.15, 0.2) is 0 Å². The largest absolute Gasteiger partial charge is 0.483 e. The number of aliphatic hydroxyl groups is 1. The summed E-state index contributed by atoms with van der Waals surface area (Å²) in [5.41, 5.74) is 0.241. The van der Waals surface area contributed by atoms with Crippen LogP contribution in [0.2, 0.25) is 0 Å². The van der Waals surface area contributed by atoms with Gasteiger partial charge in [0.05, 0.1) is 12.1 Å². The van der Waals surface area contributed by atoms with Crippen LogP contribution in [0.25, 0.3) is 5.78 Å². The number of aliphatic hydroxyl groups excluding tert-OH is 1. The number of aromatic nitrogens is 3. The van der Waals surface area contributed by atoms with E-state index in [9.17, 15) is 14.7 Å². The van der Waals surface area contributed by atoms with Crippen LogP contribution in [0.15, 0.2) is 24.7 Å². The zero-order chi connectivity index (χ0) is 22.9. The summed E-state index contributed by atoms with van der Waals surface area (Å²) in [6.07, 6.45) is 8.76. The first kappa shape index (κ1) is 23.6. The Morgan fingerprint density at radius 1 is 1.22 bits per heavy atom. The molecule has 0 aromatic carbocycles. The first-order valence-corrected chi connectivity index (χ1v) is 10.9. The molecule has 11 nitrogen and oxygen atoms in total. The minimum absolute atomic E-state index is 0.0465. The van der Waals surface area contributed by atoms with Crippen LogP contribution in [0.5, 0.6) is 0 Å². The number of imidazole rings is 1. The molecule has 2 fully saturated rings. The summed E-state index contributed by atoms with van der Waals surface area (Å²) < 4.78 is 1.67. The molecule has 0 unspecified atom stereocenters. The van der Waals surface area contributed by atoms with E-state index in [-0.39, 0.29) is 29.9 Å². The van der Waals surface area contributed by atoms with Crippen LogP contribution in [0.4, 0.5) is 0 Å². The Morgan fingerprint density at radius 2 is 1.97 bits per heavy atom. The van der Waals surface area contributed by atoms with Gasteiger partial charge in [0, 0.05) is 37.6 Å². The number of carboxylic acid groups (broad SMARTS) is 1. The minimum atomic E-state index is -0.744. The highest BCUT2D eigenvalue weighted by Crippen LogP contribution is 2.26. The zero-order valence-corrected chi connectivity index (χ0v) is 17.9. The van der Waals surface area contributed by atoms with Crippen molar-refractivity contribution in [3.63, 3.8) is 0 Å². The summed E-state index contributed by atoms with van der Waals surface area (Å²) >= 11 is 0. The Kier molecular flexibility index (Phi) is 8.51. The van der Waals surface area contributed by atoms with E-state index < -0.39 is 12.1 Å². The van der Waals surface area contributed by atoms with Crippen molar-refractivity contribution in [2.24, 2.45) is 5.92 Å². The molecule has 1 saturated carbocycles. The number of nitrogens with zero attached hydrogens (tertiary/aromatic N) is 4. The van der Waals surface area contributed by atoms with E-state index >= 15 is 0 Å². The second-order valence-electron chi connectivity index (χ2n) is 8.07. The molecule has 4 rings (SSSR count). The lowest BCUT2D eigenvalue weighted by Gasteiger charge is -2.26. The molecule has 2 aliphatic rings. The van der Waals surface area contributed by atoms with Crippen LogP contribution in [-0.2, 0) is 9.59 Å². The molecule has 0 radical (unpaired) electrons. The molecule has 1 aliphatic carbocycles. The maximum Gasteiger partial charge on any atom is 0.290 e. The van der Waals surface area contributed by atoms with Crippen LogP contribution in [0.1, 0.15) is 42.6 Å². The number of nitrogens with one attached hydrogen (secondary N) is 2. The Hall–Kier alpha value is -3.05. The Labute approximate surface area is 185 Å². The lowest BCUT2D eigenvalue weighted by Crippen LogP contribution is -2.40. The van der Waals surface area contributed by atoms with Crippen molar-refractivity contribution >= 4 is 24.1 Å². The highest BCUT2D eigenvalue weighted by Gasteiger charge is 2.38. The van der Waals surface area contributed by atoms with E-state index in [0.717, 1.165) is 19.6 Å². The van der Waals surface area contributed by atoms with Gasteiger partial charge in [-0.25, -0.2) is 9.97 Å². The Morgan fingerprint density at radius 3 is 2.69 bits per heavy atom. The molecule has 1 aliphatic heterocycles. The number of hydrogen-bond acceptors (Lipinski definition) is 7. The minimum Gasteiger partial charge on any atom is -0.483 e. The van der Waals surface area contributed by atoms with Gasteiger partial charge < -0.3 is 25.7 Å². The molecule has 3 atom stereocenters. The van der Waals surface area contributed by atoms with Gasteiger partial charge in [-0.2, -0.15) is 0 Å². The maximum atomic E-state index is 12.5. The van der Waals surface area contributed by atoms with Crippen molar-refractivity contribution in [2.45, 2.75) is 44.2 Å². The fraction of sp³-hybridized carbons (Fsp3) is 0.571. The Bertz CT molecular complexity index is 880. The number of piperidine rings is 1. The molecule has 4 N–H and O–H groups in total. The summed E-state index contributed by atoms with van der Waals surface area (Å²) in [6, 6.07) is 1.30. The third-order valence-electron chi connectivity index (χ3n) is 5.86. The van der Waals surface area contributed by atoms with E-state index in [1.54, 1.807) is 29.1 Å². The summed E-state index contributed by atoms with van der Waals surface area (Å²) in [7, 11) is 0. The molecular formula is C21H30N6O5. The topological polar surface area (TPSA) is 149 Å². The smallest absolute Gasteiger partial charge is 0.290 e. The van der Waals surface area contributed by atoms with Crippen LogP contribution < -0.4 is 10.6 Å². The molecule has 2 amide bonds. The van der Waals surface area contributed by atoms with Gasteiger partial charge in [-0.15, -0.1) is 0 Å². The number of carbonyl (C=O) groups is 3. The van der Waals surface area contributed by atoms with Crippen molar-refractivity contribution in [3.8, 4) is 0 Å². The summed E-state index contributed by atoms with van der Waals surface area (Å²) in [5, 5.41) is 23.0. The van der Waals surface area contributed by atoms with Gasteiger partial charge in [-0.1, -0.05) is 6.42 Å². The quantitative estimate of drug-likeness (QED) is 0.450. The average molecular weight is 447 g/mol. The third kappa shape index (κ3) is 6.24. The van der Waals surface area contributed by atoms with Crippen LogP contribution in [0, 0.1) is 5.92 Å². The number of hydrogen-bond donors (Lipinski definition) is 4. The summed E-state index contributed by atoms with van der Waals surface area (Å²) in [4.78, 5) is 44.0. The molecule has 11 heteroatoms. The molecular weight excluding hydrogens is 416 g/mol. The van der Waals surface area contributed by atoms with E-state index in [2.05, 4.69) is 25.5 Å². The molecule has 3 heterocycles. The molecule has 174 valence electrons. The van der Waals surface area contributed by atoms with Gasteiger partial charge in [-0.05, 0) is 44.8 Å². The summed E-state index contributed by atoms with van der Waals surface area (Å²) in [5.74, 6) is -0.268. The predicted octanol–water partition coefficient (Wildman–Crippen LogP) is -0.0985. The van der Waals surface area contributed by atoms with E-state index in [1.807, 2.05) is 0 Å². The second-order valence-corrected chi connectivity index (χ2v) is 8.07. The van der Waals surface area contributed by atoms with Crippen molar-refractivity contribution < 1.29 is 24.6 Å². The van der Waals surface area contributed by atoms with E-state index in [0.29, 0.717) is 25.2 Å². The van der Waals surface area contributed by atoms with Crippen LogP contribution in [0.3, 0.4) is 0 Å². The van der Waals surface area contributed by atoms with Crippen molar-refractivity contribution in [1.29, 1.82) is 0 Å². The highest BCUT2D eigenvalue weighted by molar-refractivity contribution is 5.93. The highest BCUT2D eigenvalue weighted by atomic mass is 16.3. The first-order chi connectivity index (χ1) is 15.5. The number of likely N-dealkylation sites (tertiary alicyclic amines) is 1. The maximum absolute atomic E-state index is 12.5. The van der Waals surface area contributed by atoms with Crippen molar-refractivity contribution in [2.75, 3.05) is 26.2 Å². The average Bonchev–Trinajstić information content (AvgIpc) is 3.39. The first-order valence-electron chi connectivity index (χ1n) is 10.9. The predicted molar refractivity (Wildman–Crippen MR) is 115 cm³/mol. The second kappa shape index (κ2) is 11.5. The van der Waals surface area contributed by atoms with Gasteiger partial charge >= 0.3 is 0 Å². The fourth-order valence-corrected chi connectivity index (χ4v) is 4.23. The third-order valence-corrected chi connectivity index (χ3v) is 5.86. The number of rotatable bonds is 6. The van der Waals surface area contributed by atoms with Crippen molar-refractivity contribution in [3.05, 3.63) is 30.4 Å². The number of fused-ring (bicyclic) bond motifs is 1. The normalized spacial score (nSPS) is 23.2. The van der Waals surface area contributed by atoms with Gasteiger partial charge in [0.25, 0.3) is 12.4 Å². The van der Waals surface area contributed by atoms with E-state index in [1.165, 1.54) is 19.3 Å². The fourth-order valence-electron chi connectivity index (χ4n) is 4.23. The van der Waals surface area contributed by atoms with Crippen LogP contribution in [-0.4, -0.2) is 86.1 Å². The molecule has 0 bridgehead atoms. The monoisotopic (exact) mass is 446 g/mol. The molecule has 2 aromatic rings. The molecule has 32 heavy (non-hydrogen) atoms. The summed E-state index contributed by atoms with van der Waals surface area (Å²) in [6.45, 7) is 3.44.